The number of nitrogens with one attached hydrogen (secondary N) is 1. The molecule has 0 radical (unpaired) electrons. The maximum absolute atomic E-state index is 13.7. The fraction of sp³-hybridized carbons (Fsp3) is 0.424. The molecule has 2 aromatic carbocycles. The molecule has 0 spiro atoms. The minimum absolute atomic E-state index is 0.0565. The van der Waals surface area contributed by atoms with Crippen LogP contribution in [0.2, 0.25) is 5.02 Å². The van der Waals surface area contributed by atoms with Gasteiger partial charge in [-0.2, -0.15) is 0 Å². The highest BCUT2D eigenvalue weighted by atomic mass is 35.5. The van der Waals surface area contributed by atoms with E-state index in [1.807, 2.05) is 53.2 Å². The molecule has 1 atom stereocenters. The van der Waals surface area contributed by atoms with E-state index in [2.05, 4.69) is 12.2 Å². The van der Waals surface area contributed by atoms with Crippen LogP contribution in [0.1, 0.15) is 80.0 Å². The Morgan fingerprint density at radius 3 is 2.47 bits per heavy atom. The molecule has 8 nitrogen and oxygen atoms in total. The summed E-state index contributed by atoms with van der Waals surface area (Å²) < 4.78 is 18.4. The number of hydrogen-bond acceptors (Lipinski definition) is 7. The number of ether oxygens (including phenoxy) is 3. The Bertz CT molecular complexity index is 1590. The van der Waals surface area contributed by atoms with Gasteiger partial charge in [-0.1, -0.05) is 43.6 Å². The lowest BCUT2D eigenvalue weighted by Crippen LogP contribution is -2.30. The SMILES string of the molecule is CCC(=O)OCC(C(=O)Nc1nc(CC)c(C2CCC(c3cc(OC)c(Cl)cc3OC)CC2)s1)n1ccc2ccccc21. The van der Waals surface area contributed by atoms with Crippen LogP contribution in [0.25, 0.3) is 10.9 Å². The van der Waals surface area contributed by atoms with Crippen molar-refractivity contribution in [1.82, 2.24) is 9.55 Å². The number of nitrogens with zero attached hydrogens (tertiary/aromatic N) is 2. The van der Waals surface area contributed by atoms with E-state index in [0.717, 1.165) is 60.0 Å². The molecule has 228 valence electrons. The van der Waals surface area contributed by atoms with Crippen LogP contribution < -0.4 is 14.8 Å². The quantitative estimate of drug-likeness (QED) is 0.171. The van der Waals surface area contributed by atoms with Gasteiger partial charge >= 0.3 is 5.97 Å². The molecule has 1 fully saturated rings. The van der Waals surface area contributed by atoms with Gasteiger partial charge in [0.2, 0.25) is 0 Å². The molecular weight excluding hydrogens is 586 g/mol. The molecule has 10 heteroatoms. The second kappa shape index (κ2) is 13.8. The molecule has 0 aliphatic heterocycles. The number of carbonyl (C=O) groups is 2. The monoisotopic (exact) mass is 623 g/mol. The van der Waals surface area contributed by atoms with Crippen LogP contribution in [0.5, 0.6) is 11.5 Å². The second-order valence-electron chi connectivity index (χ2n) is 10.8. The number of benzene rings is 2. The molecule has 2 aromatic heterocycles. The predicted octanol–water partition coefficient (Wildman–Crippen LogP) is 7.91. The van der Waals surface area contributed by atoms with Crippen molar-refractivity contribution in [2.45, 2.75) is 70.3 Å². The summed E-state index contributed by atoms with van der Waals surface area (Å²) in [6.07, 6.45) is 6.91. The third-order valence-electron chi connectivity index (χ3n) is 8.29. The van der Waals surface area contributed by atoms with E-state index >= 15 is 0 Å². The van der Waals surface area contributed by atoms with Crippen LogP contribution in [0, 0.1) is 0 Å². The van der Waals surface area contributed by atoms with Crippen molar-refractivity contribution in [3.05, 3.63) is 69.8 Å². The zero-order chi connectivity index (χ0) is 30.5. The number of para-hydroxylation sites is 1. The first-order valence-corrected chi connectivity index (χ1v) is 16.0. The van der Waals surface area contributed by atoms with Gasteiger partial charge < -0.3 is 24.1 Å². The van der Waals surface area contributed by atoms with Crippen LogP contribution in [0.4, 0.5) is 5.13 Å². The molecule has 1 unspecified atom stereocenters. The lowest BCUT2D eigenvalue weighted by atomic mass is 9.77. The molecule has 1 N–H and O–H groups in total. The number of aryl methyl sites for hydroxylation is 1. The number of carbonyl (C=O) groups excluding carboxylic acids is 2. The van der Waals surface area contributed by atoms with Gasteiger partial charge in [0.1, 0.15) is 24.1 Å². The minimum Gasteiger partial charge on any atom is -0.496 e. The topological polar surface area (TPSA) is 91.7 Å². The minimum atomic E-state index is -0.727. The number of thiazole rings is 1. The molecule has 5 rings (SSSR count). The largest absolute Gasteiger partial charge is 0.496 e. The first-order chi connectivity index (χ1) is 20.9. The van der Waals surface area contributed by atoms with Crippen LogP contribution >= 0.6 is 22.9 Å². The van der Waals surface area contributed by atoms with Gasteiger partial charge in [0.25, 0.3) is 5.91 Å². The third kappa shape index (κ3) is 6.68. The Kier molecular flexibility index (Phi) is 9.93. The molecular formula is C33H38ClN3O5S. The molecule has 0 saturated heterocycles. The summed E-state index contributed by atoms with van der Waals surface area (Å²) >= 11 is 7.90. The summed E-state index contributed by atoms with van der Waals surface area (Å²) in [6, 6.07) is 12.9. The van der Waals surface area contributed by atoms with E-state index in [0.29, 0.717) is 27.7 Å². The highest BCUT2D eigenvalue weighted by Crippen LogP contribution is 2.47. The van der Waals surface area contributed by atoms with Gasteiger partial charge in [-0.05, 0) is 67.5 Å². The first kappa shape index (κ1) is 30.9. The Hall–Kier alpha value is -3.56. The summed E-state index contributed by atoms with van der Waals surface area (Å²) in [6.45, 7) is 3.78. The molecule has 2 heterocycles. The van der Waals surface area contributed by atoms with E-state index < -0.39 is 6.04 Å². The normalized spacial score (nSPS) is 17.4. The molecule has 1 amide bonds. The molecule has 43 heavy (non-hydrogen) atoms. The smallest absolute Gasteiger partial charge is 0.305 e. The van der Waals surface area contributed by atoms with Crippen molar-refractivity contribution in [3.8, 4) is 11.5 Å². The maximum Gasteiger partial charge on any atom is 0.305 e. The van der Waals surface area contributed by atoms with Crippen LogP contribution in [0.15, 0.2) is 48.7 Å². The molecule has 0 bridgehead atoms. The Balaban J connectivity index is 1.32. The second-order valence-corrected chi connectivity index (χ2v) is 12.2. The summed E-state index contributed by atoms with van der Waals surface area (Å²) in [5.41, 5.74) is 3.05. The Morgan fingerprint density at radius 1 is 1.05 bits per heavy atom. The standard InChI is InChI=1S/C33H38ClN3O5S/c1-5-25-31(22-13-11-20(12-14-22)23-17-29(41-4)24(34)18-28(23)40-3)43-33(35-25)36-32(39)27(19-42-30(38)6-2)37-16-15-21-9-7-8-10-26(21)37/h7-10,15-18,20,22,27H,5-6,11-14,19H2,1-4H3,(H,35,36,39). The Morgan fingerprint density at radius 2 is 1.77 bits per heavy atom. The van der Waals surface area contributed by atoms with Crippen molar-refractivity contribution in [2.24, 2.45) is 0 Å². The number of halogens is 1. The van der Waals surface area contributed by atoms with Crippen molar-refractivity contribution < 1.29 is 23.8 Å². The van der Waals surface area contributed by atoms with Gasteiger partial charge in [-0.3, -0.25) is 9.59 Å². The summed E-state index contributed by atoms with van der Waals surface area (Å²) in [7, 11) is 3.30. The zero-order valence-electron chi connectivity index (χ0n) is 25.0. The lowest BCUT2D eigenvalue weighted by molar-refractivity contribution is -0.145. The van der Waals surface area contributed by atoms with Crippen molar-refractivity contribution in [3.63, 3.8) is 0 Å². The number of rotatable bonds is 11. The average molecular weight is 624 g/mol. The third-order valence-corrected chi connectivity index (χ3v) is 9.76. The van der Waals surface area contributed by atoms with Crippen LogP contribution in [0.3, 0.4) is 0 Å². The summed E-state index contributed by atoms with van der Waals surface area (Å²) in [5, 5.41) is 5.18. The first-order valence-electron chi connectivity index (χ1n) is 14.8. The van der Waals surface area contributed by atoms with E-state index in [1.165, 1.54) is 4.88 Å². The van der Waals surface area contributed by atoms with Crippen LogP contribution in [-0.2, 0) is 20.7 Å². The average Bonchev–Trinajstić information content (AvgIpc) is 3.65. The van der Waals surface area contributed by atoms with E-state index in [9.17, 15) is 9.59 Å². The molecule has 1 aliphatic rings. The highest BCUT2D eigenvalue weighted by Gasteiger charge is 2.30. The van der Waals surface area contributed by atoms with Crippen molar-refractivity contribution in [1.29, 1.82) is 0 Å². The molecule has 4 aromatic rings. The molecule has 1 saturated carbocycles. The van der Waals surface area contributed by atoms with Gasteiger partial charge in [-0.15, -0.1) is 11.3 Å². The Labute approximate surface area is 261 Å². The number of esters is 1. The zero-order valence-corrected chi connectivity index (χ0v) is 26.6. The maximum atomic E-state index is 13.7. The van der Waals surface area contributed by atoms with Gasteiger partial charge in [0, 0.05) is 34.6 Å². The summed E-state index contributed by atoms with van der Waals surface area (Å²) in [4.78, 5) is 31.8. The van der Waals surface area contributed by atoms with E-state index in [4.69, 9.17) is 30.8 Å². The highest BCUT2D eigenvalue weighted by molar-refractivity contribution is 7.16. The number of aromatic nitrogens is 2. The number of methoxy groups -OCH3 is 2. The van der Waals surface area contributed by atoms with Crippen molar-refractivity contribution >= 4 is 50.8 Å². The van der Waals surface area contributed by atoms with E-state index in [-0.39, 0.29) is 24.9 Å². The van der Waals surface area contributed by atoms with Crippen LogP contribution in [-0.4, -0.2) is 42.3 Å². The number of hydrogen-bond donors (Lipinski definition) is 1. The predicted molar refractivity (Wildman–Crippen MR) is 171 cm³/mol. The fourth-order valence-corrected chi connectivity index (χ4v) is 7.44. The summed E-state index contributed by atoms with van der Waals surface area (Å²) in [5.74, 6) is 1.55. The molecule has 1 aliphatic carbocycles. The lowest BCUT2D eigenvalue weighted by Gasteiger charge is -2.29. The number of fused-ring (bicyclic) bond motifs is 1. The van der Waals surface area contributed by atoms with Crippen molar-refractivity contribution in [2.75, 3.05) is 26.1 Å². The number of amides is 1. The van der Waals surface area contributed by atoms with E-state index in [1.54, 1.807) is 32.5 Å². The van der Waals surface area contributed by atoms with Gasteiger partial charge in [-0.25, -0.2) is 4.98 Å². The number of anilines is 1. The van der Waals surface area contributed by atoms with Gasteiger partial charge in [0.15, 0.2) is 5.13 Å². The fourth-order valence-electron chi connectivity index (χ4n) is 5.98. The van der Waals surface area contributed by atoms with Gasteiger partial charge in [0.05, 0.1) is 24.9 Å².